The quantitative estimate of drug-likeness (QED) is 0.126. The van der Waals surface area contributed by atoms with Crippen LogP contribution in [-0.2, 0) is 9.53 Å². The van der Waals surface area contributed by atoms with Crippen molar-refractivity contribution in [3.63, 3.8) is 0 Å². The molecule has 0 bridgehead atoms. The van der Waals surface area contributed by atoms with Gasteiger partial charge in [0.1, 0.15) is 5.44 Å². The summed E-state index contributed by atoms with van der Waals surface area (Å²) < 4.78 is 5.24. The van der Waals surface area contributed by atoms with E-state index in [0.717, 1.165) is 16.0 Å². The van der Waals surface area contributed by atoms with Crippen molar-refractivity contribution in [1.29, 1.82) is 0 Å². The second-order valence-electron chi connectivity index (χ2n) is 5.62. The van der Waals surface area contributed by atoms with Gasteiger partial charge in [-0.1, -0.05) is 42.6 Å². The molecular formula is C20H19NO4S. The fraction of sp³-hybridized carbons (Fsp3) is 0.150. The number of non-ortho nitro benzene ring substituents is 1. The van der Waals surface area contributed by atoms with Gasteiger partial charge in [-0.2, -0.15) is 0 Å². The van der Waals surface area contributed by atoms with Crippen LogP contribution in [0.3, 0.4) is 0 Å². The lowest BCUT2D eigenvalue weighted by Gasteiger charge is -2.12. The monoisotopic (exact) mass is 369 g/mol. The largest absolute Gasteiger partial charge is 0.448 e. The number of thioether (sulfide) groups is 1. The van der Waals surface area contributed by atoms with Gasteiger partial charge in [-0.05, 0) is 49.2 Å². The van der Waals surface area contributed by atoms with Gasteiger partial charge in [-0.15, -0.1) is 0 Å². The number of rotatable bonds is 7. The molecule has 6 heteroatoms. The first-order valence-electron chi connectivity index (χ1n) is 7.91. The highest BCUT2D eigenvalue weighted by molar-refractivity contribution is 7.99. The van der Waals surface area contributed by atoms with E-state index in [1.54, 1.807) is 19.1 Å². The van der Waals surface area contributed by atoms with Crippen LogP contribution in [0.25, 0.3) is 12.2 Å². The van der Waals surface area contributed by atoms with Gasteiger partial charge >= 0.3 is 5.97 Å². The molecule has 0 heterocycles. The first-order chi connectivity index (χ1) is 12.3. The number of nitrogens with zero attached hydrogens (tertiary/aromatic N) is 1. The molecular weight excluding hydrogens is 350 g/mol. The third-order valence-electron chi connectivity index (χ3n) is 3.38. The molecule has 2 rings (SSSR count). The molecule has 0 N–H and O–H groups in total. The smallest absolute Gasteiger partial charge is 0.334 e. The molecule has 26 heavy (non-hydrogen) atoms. The molecule has 2 aromatic rings. The van der Waals surface area contributed by atoms with E-state index in [-0.39, 0.29) is 11.1 Å². The minimum absolute atomic E-state index is 0.0741. The molecule has 0 amide bonds. The lowest BCUT2D eigenvalue weighted by molar-refractivity contribution is -0.384. The third kappa shape index (κ3) is 5.89. The summed E-state index contributed by atoms with van der Waals surface area (Å²) in [6, 6.07) is 14.2. The topological polar surface area (TPSA) is 69.4 Å². The first kappa shape index (κ1) is 19.5. The normalized spacial score (nSPS) is 11.9. The van der Waals surface area contributed by atoms with Gasteiger partial charge in [-0.3, -0.25) is 10.1 Å². The van der Waals surface area contributed by atoms with E-state index in [1.807, 2.05) is 43.3 Å². The zero-order valence-electron chi connectivity index (χ0n) is 14.5. The number of nitro groups is 1. The molecule has 0 aromatic heterocycles. The predicted octanol–water partition coefficient (Wildman–Crippen LogP) is 5.32. The number of hydrogen-bond donors (Lipinski definition) is 0. The molecule has 0 aliphatic heterocycles. The van der Waals surface area contributed by atoms with E-state index in [9.17, 15) is 14.9 Å². The van der Waals surface area contributed by atoms with Gasteiger partial charge in [0.25, 0.3) is 5.69 Å². The first-order valence-corrected chi connectivity index (χ1v) is 8.79. The van der Waals surface area contributed by atoms with Crippen LogP contribution in [-0.4, -0.2) is 16.3 Å². The Labute approximate surface area is 156 Å². The lowest BCUT2D eigenvalue weighted by atomic mass is 10.1. The summed E-state index contributed by atoms with van der Waals surface area (Å²) in [6.45, 7) is 6.99. The van der Waals surface area contributed by atoms with Crippen molar-refractivity contribution in [2.45, 2.75) is 24.2 Å². The van der Waals surface area contributed by atoms with E-state index in [1.165, 1.54) is 23.9 Å². The minimum atomic E-state index is -0.418. The number of carbonyl (C=O) groups excluding carboxylic acids is 1. The number of nitro benzene ring substituents is 1. The molecule has 0 aliphatic rings. The summed E-state index contributed by atoms with van der Waals surface area (Å²) in [5.74, 6) is -0.396. The van der Waals surface area contributed by atoms with E-state index in [2.05, 4.69) is 6.58 Å². The van der Waals surface area contributed by atoms with Crippen LogP contribution in [0.1, 0.15) is 25.0 Å². The minimum Gasteiger partial charge on any atom is -0.448 e. The van der Waals surface area contributed by atoms with Gasteiger partial charge in [0, 0.05) is 22.6 Å². The zero-order chi connectivity index (χ0) is 19.1. The van der Waals surface area contributed by atoms with Crippen LogP contribution >= 0.6 is 11.8 Å². The summed E-state index contributed by atoms with van der Waals surface area (Å²) in [6.07, 6.45) is 3.82. The average molecular weight is 369 g/mol. The van der Waals surface area contributed by atoms with Crippen LogP contribution in [0.15, 0.2) is 65.6 Å². The standard InChI is InChI=1S/C20H19NO4S/c1-14(2)20(22)25-15(3)26-19-12-8-17(9-13-19)5-4-16-6-10-18(11-7-16)21(23)24/h4-13,15H,1H2,2-3H3. The van der Waals surface area contributed by atoms with Gasteiger partial charge in [-0.25, -0.2) is 4.79 Å². The fourth-order valence-electron chi connectivity index (χ4n) is 2.02. The Hall–Kier alpha value is -2.86. The van der Waals surface area contributed by atoms with Crippen molar-refractivity contribution >= 4 is 35.6 Å². The zero-order valence-corrected chi connectivity index (χ0v) is 15.4. The lowest BCUT2D eigenvalue weighted by Crippen LogP contribution is -2.11. The number of carbonyl (C=O) groups is 1. The summed E-state index contributed by atoms with van der Waals surface area (Å²) in [4.78, 5) is 22.7. The molecule has 5 nitrogen and oxygen atoms in total. The van der Waals surface area contributed by atoms with Crippen LogP contribution in [0, 0.1) is 10.1 Å². The van der Waals surface area contributed by atoms with E-state index in [0.29, 0.717) is 5.57 Å². The number of benzene rings is 2. The maximum Gasteiger partial charge on any atom is 0.334 e. The van der Waals surface area contributed by atoms with Gasteiger partial charge in [0.05, 0.1) is 4.92 Å². The summed E-state index contributed by atoms with van der Waals surface area (Å²) >= 11 is 1.44. The second kappa shape index (κ2) is 9.01. The SMILES string of the molecule is C=C(C)C(=O)OC(C)Sc1ccc(C=Cc2ccc([N+](=O)[O-])cc2)cc1. The van der Waals surface area contributed by atoms with Crippen molar-refractivity contribution in [1.82, 2.24) is 0 Å². The van der Waals surface area contributed by atoms with Crippen LogP contribution in [0.4, 0.5) is 5.69 Å². The molecule has 0 saturated carbocycles. The van der Waals surface area contributed by atoms with Crippen LogP contribution < -0.4 is 0 Å². The van der Waals surface area contributed by atoms with E-state index in [4.69, 9.17) is 4.74 Å². The number of ether oxygens (including phenoxy) is 1. The highest BCUT2D eigenvalue weighted by Crippen LogP contribution is 2.25. The van der Waals surface area contributed by atoms with Crippen molar-refractivity contribution in [2.75, 3.05) is 0 Å². The molecule has 0 fully saturated rings. The molecule has 134 valence electrons. The Morgan fingerprint density at radius 2 is 1.62 bits per heavy atom. The molecule has 0 aliphatic carbocycles. The van der Waals surface area contributed by atoms with E-state index >= 15 is 0 Å². The Balaban J connectivity index is 1.95. The summed E-state index contributed by atoms with van der Waals surface area (Å²) in [7, 11) is 0. The Morgan fingerprint density at radius 1 is 1.12 bits per heavy atom. The molecule has 0 saturated heterocycles. The van der Waals surface area contributed by atoms with Crippen molar-refractivity contribution in [3.8, 4) is 0 Å². The number of hydrogen-bond acceptors (Lipinski definition) is 5. The molecule has 1 unspecified atom stereocenters. The highest BCUT2D eigenvalue weighted by atomic mass is 32.2. The third-order valence-corrected chi connectivity index (χ3v) is 4.35. The molecule has 0 radical (unpaired) electrons. The Kier molecular flexibility index (Phi) is 6.74. The molecule has 1 atom stereocenters. The maximum absolute atomic E-state index is 11.5. The van der Waals surface area contributed by atoms with Gasteiger partial charge < -0.3 is 4.74 Å². The second-order valence-corrected chi connectivity index (χ2v) is 6.99. The van der Waals surface area contributed by atoms with Crippen LogP contribution in [0.2, 0.25) is 0 Å². The number of esters is 1. The summed E-state index contributed by atoms with van der Waals surface area (Å²) in [5.41, 5.74) is 2.03. The van der Waals surface area contributed by atoms with E-state index < -0.39 is 10.9 Å². The predicted molar refractivity (Wildman–Crippen MR) is 105 cm³/mol. The molecule has 2 aromatic carbocycles. The Morgan fingerprint density at radius 3 is 2.08 bits per heavy atom. The van der Waals surface area contributed by atoms with Gasteiger partial charge in [0.15, 0.2) is 0 Å². The molecule has 0 spiro atoms. The van der Waals surface area contributed by atoms with Crippen molar-refractivity contribution in [3.05, 3.63) is 81.9 Å². The average Bonchev–Trinajstić information content (AvgIpc) is 2.61. The van der Waals surface area contributed by atoms with Gasteiger partial charge in [0.2, 0.25) is 0 Å². The fourth-order valence-corrected chi connectivity index (χ4v) is 2.84. The highest BCUT2D eigenvalue weighted by Gasteiger charge is 2.11. The van der Waals surface area contributed by atoms with Crippen LogP contribution in [0.5, 0.6) is 0 Å². The Bertz CT molecular complexity index is 826. The van der Waals surface area contributed by atoms with Crippen molar-refractivity contribution in [2.24, 2.45) is 0 Å². The summed E-state index contributed by atoms with van der Waals surface area (Å²) in [5, 5.41) is 10.6. The van der Waals surface area contributed by atoms with Crippen molar-refractivity contribution < 1.29 is 14.5 Å². The maximum atomic E-state index is 11.5.